The van der Waals surface area contributed by atoms with E-state index in [1.807, 2.05) is 60.7 Å². The van der Waals surface area contributed by atoms with Crippen LogP contribution in [0.5, 0.6) is 11.5 Å². The summed E-state index contributed by atoms with van der Waals surface area (Å²) in [5, 5.41) is 7.52. The third kappa shape index (κ3) is 3.65. The summed E-state index contributed by atoms with van der Waals surface area (Å²) in [5.41, 5.74) is 5.39. The Labute approximate surface area is 203 Å². The second-order valence-electron chi connectivity index (χ2n) is 8.87. The predicted octanol–water partition coefficient (Wildman–Crippen LogP) is 4.49. The van der Waals surface area contributed by atoms with Crippen LogP contribution in [0.3, 0.4) is 0 Å². The third-order valence-corrected chi connectivity index (χ3v) is 6.96. The fourth-order valence-electron chi connectivity index (χ4n) is 5.17. The van der Waals surface area contributed by atoms with Gasteiger partial charge in [-0.3, -0.25) is 9.69 Å². The van der Waals surface area contributed by atoms with Gasteiger partial charge in [0, 0.05) is 23.1 Å². The summed E-state index contributed by atoms with van der Waals surface area (Å²) in [6.45, 7) is 0.645. The van der Waals surface area contributed by atoms with Gasteiger partial charge in [0.25, 0.3) is 5.91 Å². The van der Waals surface area contributed by atoms with Gasteiger partial charge in [-0.2, -0.15) is 5.10 Å². The van der Waals surface area contributed by atoms with E-state index in [1.54, 1.807) is 25.4 Å². The number of hydrazone groups is 1. The van der Waals surface area contributed by atoms with Crippen molar-refractivity contribution in [3.8, 4) is 11.5 Å². The van der Waals surface area contributed by atoms with Gasteiger partial charge in [-0.1, -0.05) is 30.3 Å². The smallest absolute Gasteiger partial charge is 0.262 e. The number of para-hydroxylation sites is 1. The topological polar surface area (TPSA) is 70.2 Å². The van der Waals surface area contributed by atoms with Gasteiger partial charge in [0.2, 0.25) is 0 Å². The van der Waals surface area contributed by atoms with Crippen LogP contribution in [0.4, 0.5) is 0 Å². The molecule has 0 aliphatic carbocycles. The number of hydrogen-bond donors (Lipinski definition) is 1. The van der Waals surface area contributed by atoms with Crippen molar-refractivity contribution in [1.82, 2.24) is 14.9 Å². The number of nitrogens with one attached hydrogen (secondary N) is 1. The Balaban J connectivity index is 1.39. The molecule has 35 heavy (non-hydrogen) atoms. The number of nitrogens with zero attached hydrogens (tertiary/aromatic N) is 3. The number of carbonyl (C=O) groups is 1. The Hall–Kier alpha value is -4.10. The molecule has 0 bridgehead atoms. The Kier molecular flexibility index (Phi) is 5.26. The second kappa shape index (κ2) is 8.60. The molecule has 0 radical (unpaired) electrons. The molecule has 4 aromatic rings. The molecule has 0 spiro atoms. The molecule has 0 saturated carbocycles. The van der Waals surface area contributed by atoms with Crippen molar-refractivity contribution in [3.63, 3.8) is 0 Å². The van der Waals surface area contributed by atoms with E-state index in [9.17, 15) is 4.79 Å². The average molecular weight is 467 g/mol. The molecule has 2 aliphatic heterocycles. The van der Waals surface area contributed by atoms with E-state index in [2.05, 4.69) is 22.0 Å². The van der Waals surface area contributed by atoms with Gasteiger partial charge < -0.3 is 14.5 Å². The lowest BCUT2D eigenvalue weighted by molar-refractivity contribution is -0.130. The van der Waals surface area contributed by atoms with Crippen molar-refractivity contribution >= 4 is 23.0 Å². The molecule has 1 amide bonds. The number of hydrogen-bond acceptors (Lipinski definition) is 5. The van der Waals surface area contributed by atoms with Crippen LogP contribution in [0.25, 0.3) is 10.9 Å². The number of amides is 1. The van der Waals surface area contributed by atoms with Crippen molar-refractivity contribution in [1.29, 1.82) is 0 Å². The minimum atomic E-state index is -0.313. The van der Waals surface area contributed by atoms with Crippen LogP contribution in [0.1, 0.15) is 28.6 Å². The molecule has 1 fully saturated rings. The molecule has 7 heteroatoms. The number of fused-ring (bicyclic) bond motifs is 4. The summed E-state index contributed by atoms with van der Waals surface area (Å²) < 4.78 is 10.6. The van der Waals surface area contributed by atoms with Gasteiger partial charge >= 0.3 is 0 Å². The summed E-state index contributed by atoms with van der Waals surface area (Å²) in [6.07, 6.45) is 2.08. The quantitative estimate of drug-likeness (QED) is 0.440. The highest BCUT2D eigenvalue weighted by Gasteiger charge is 2.49. The molecule has 1 aromatic heterocycles. The first kappa shape index (κ1) is 21.4. The second-order valence-corrected chi connectivity index (χ2v) is 8.87. The average Bonchev–Trinajstić information content (AvgIpc) is 3.40. The highest BCUT2D eigenvalue weighted by molar-refractivity contribution is 5.90. The Bertz CT molecular complexity index is 1410. The lowest BCUT2D eigenvalue weighted by Crippen LogP contribution is -2.39. The van der Waals surface area contributed by atoms with Gasteiger partial charge in [0.1, 0.15) is 17.7 Å². The van der Waals surface area contributed by atoms with Gasteiger partial charge in [-0.15, -0.1) is 0 Å². The van der Waals surface area contributed by atoms with Crippen molar-refractivity contribution in [2.75, 3.05) is 14.2 Å². The maximum absolute atomic E-state index is 13.8. The summed E-state index contributed by atoms with van der Waals surface area (Å²) in [4.78, 5) is 19.6. The molecule has 1 N–H and O–H groups in total. The Morgan fingerprint density at radius 1 is 0.943 bits per heavy atom. The number of benzene rings is 3. The lowest BCUT2D eigenvalue weighted by Gasteiger charge is -2.32. The summed E-state index contributed by atoms with van der Waals surface area (Å²) in [6, 6.07) is 23.5. The number of ether oxygens (including phenoxy) is 2. The van der Waals surface area contributed by atoms with Gasteiger partial charge in [-0.05, 0) is 65.6 Å². The molecule has 3 heterocycles. The van der Waals surface area contributed by atoms with Crippen LogP contribution < -0.4 is 9.47 Å². The highest BCUT2D eigenvalue weighted by Crippen LogP contribution is 2.42. The number of methoxy groups -OCH3 is 2. The van der Waals surface area contributed by atoms with E-state index in [1.165, 1.54) is 10.9 Å². The minimum absolute atomic E-state index is 0.00603. The van der Waals surface area contributed by atoms with Crippen LogP contribution in [0.15, 0.2) is 77.9 Å². The molecule has 7 nitrogen and oxygen atoms in total. The first-order valence-electron chi connectivity index (χ1n) is 11.7. The van der Waals surface area contributed by atoms with Gasteiger partial charge in [-0.25, -0.2) is 5.01 Å². The molecule has 6 rings (SSSR count). The van der Waals surface area contributed by atoms with Crippen molar-refractivity contribution in [3.05, 3.63) is 95.2 Å². The highest BCUT2D eigenvalue weighted by atomic mass is 16.5. The largest absolute Gasteiger partial charge is 0.497 e. The van der Waals surface area contributed by atoms with E-state index >= 15 is 0 Å². The molecule has 3 aromatic carbocycles. The van der Waals surface area contributed by atoms with Crippen LogP contribution in [0.2, 0.25) is 0 Å². The third-order valence-electron chi connectivity index (χ3n) is 6.96. The van der Waals surface area contributed by atoms with Gasteiger partial charge in [0.15, 0.2) is 0 Å². The van der Waals surface area contributed by atoms with Gasteiger partial charge in [0.05, 0.1) is 26.5 Å². The minimum Gasteiger partial charge on any atom is -0.497 e. The lowest BCUT2D eigenvalue weighted by atomic mass is 9.97. The van der Waals surface area contributed by atoms with Crippen molar-refractivity contribution in [2.45, 2.75) is 25.2 Å². The Morgan fingerprint density at radius 3 is 2.34 bits per heavy atom. The van der Waals surface area contributed by atoms with Crippen LogP contribution in [-0.4, -0.2) is 47.3 Å². The number of H-pyrrole nitrogens is 1. The zero-order valence-corrected chi connectivity index (χ0v) is 19.6. The maximum atomic E-state index is 13.8. The zero-order valence-electron chi connectivity index (χ0n) is 19.6. The summed E-state index contributed by atoms with van der Waals surface area (Å²) in [5.74, 6) is 1.56. The fraction of sp³-hybridized carbons (Fsp3) is 0.214. The molecular formula is C28H26N4O3. The zero-order chi connectivity index (χ0) is 23.9. The summed E-state index contributed by atoms with van der Waals surface area (Å²) in [7, 11) is 3.29. The van der Waals surface area contributed by atoms with E-state index in [4.69, 9.17) is 14.6 Å². The normalized spacial score (nSPS) is 19.8. The first-order valence-corrected chi connectivity index (χ1v) is 11.7. The molecule has 176 valence electrons. The van der Waals surface area contributed by atoms with E-state index in [-0.39, 0.29) is 18.1 Å². The molecular weight excluding hydrogens is 440 g/mol. The maximum Gasteiger partial charge on any atom is 0.262 e. The number of carbonyl (C=O) groups excluding carboxylic acids is 1. The number of aromatic amines is 1. The SMILES string of the molecule is COc1ccc(C=NN2C(=O)C3Cc4c([nH]c5ccccc45)CN3C2c2ccc(OC)cc2)cc1. The fourth-order valence-corrected chi connectivity index (χ4v) is 5.17. The van der Waals surface area contributed by atoms with Crippen LogP contribution in [-0.2, 0) is 17.8 Å². The molecule has 2 atom stereocenters. The Morgan fingerprint density at radius 2 is 1.63 bits per heavy atom. The molecule has 1 saturated heterocycles. The predicted molar refractivity (Wildman–Crippen MR) is 135 cm³/mol. The monoisotopic (exact) mass is 466 g/mol. The summed E-state index contributed by atoms with van der Waals surface area (Å²) >= 11 is 0. The number of rotatable bonds is 5. The molecule has 2 aliphatic rings. The van der Waals surface area contributed by atoms with E-state index < -0.39 is 0 Å². The van der Waals surface area contributed by atoms with Crippen molar-refractivity contribution in [2.24, 2.45) is 5.10 Å². The van der Waals surface area contributed by atoms with Crippen LogP contribution in [0, 0.1) is 0 Å². The van der Waals surface area contributed by atoms with Crippen LogP contribution >= 0.6 is 0 Å². The first-order chi connectivity index (χ1) is 17.2. The standard InChI is InChI=1S/C28H26N4O3/c1-34-20-11-7-18(8-12-20)16-29-32-27(19-9-13-21(35-2)14-10-19)31-17-25-23(15-26(31)28(32)33)22-5-3-4-6-24(22)30-25/h3-14,16,26-27,30H,15,17H2,1-2H3. The van der Waals surface area contributed by atoms with E-state index in [0.29, 0.717) is 13.0 Å². The van der Waals surface area contributed by atoms with E-state index in [0.717, 1.165) is 33.8 Å². The van der Waals surface area contributed by atoms with Crippen molar-refractivity contribution < 1.29 is 14.3 Å². The number of aromatic nitrogens is 1. The molecule has 2 unspecified atom stereocenters.